The number of anilines is 1. The molecule has 2 rings (SSSR count). The molecule has 0 aliphatic carbocycles. The zero-order valence-corrected chi connectivity index (χ0v) is 14.0. The van der Waals surface area contributed by atoms with E-state index in [0.29, 0.717) is 0 Å². The van der Waals surface area contributed by atoms with E-state index >= 15 is 0 Å². The maximum atomic E-state index is 12.3. The molecule has 2 atom stereocenters. The van der Waals surface area contributed by atoms with Crippen LogP contribution in [0.4, 0.5) is 5.69 Å². The topological polar surface area (TPSA) is 107 Å². The van der Waals surface area contributed by atoms with E-state index in [0.717, 1.165) is 23.7 Å². The Morgan fingerprint density at radius 1 is 1.38 bits per heavy atom. The van der Waals surface area contributed by atoms with Crippen molar-refractivity contribution in [3.63, 3.8) is 0 Å². The first-order valence-electron chi connectivity index (χ1n) is 7.73. The normalized spacial score (nSPS) is 19.9. The number of carboxylic acid groups (broad SMARTS) is 1. The number of hydrogen-bond donors (Lipinski definition) is 3. The van der Waals surface area contributed by atoms with Gasteiger partial charge in [0.2, 0.25) is 11.8 Å². The highest BCUT2D eigenvalue weighted by Gasteiger charge is 2.37. The molecule has 2 amide bonds. The minimum absolute atomic E-state index is 0.0639. The first kappa shape index (κ1) is 17.9. The van der Waals surface area contributed by atoms with E-state index in [-0.39, 0.29) is 18.9 Å². The Morgan fingerprint density at radius 2 is 2.04 bits per heavy atom. The Balaban J connectivity index is 2.05. The van der Waals surface area contributed by atoms with Gasteiger partial charge in [-0.25, -0.2) is 4.79 Å². The molecule has 1 aliphatic heterocycles. The third-order valence-electron chi connectivity index (χ3n) is 4.43. The number of carbonyl (C=O) groups is 3. The van der Waals surface area contributed by atoms with Crippen LogP contribution >= 0.6 is 0 Å². The molecule has 7 heteroatoms. The number of hydrogen-bond acceptors (Lipinski definition) is 4. The van der Waals surface area contributed by atoms with Crippen molar-refractivity contribution in [3.05, 3.63) is 29.3 Å². The van der Waals surface area contributed by atoms with Gasteiger partial charge in [-0.15, -0.1) is 0 Å². The molecular formula is C17H22N2O5. The third kappa shape index (κ3) is 3.56. The van der Waals surface area contributed by atoms with Crippen molar-refractivity contribution in [1.82, 2.24) is 5.32 Å². The number of amides is 2. The van der Waals surface area contributed by atoms with Gasteiger partial charge in [-0.3, -0.25) is 9.59 Å². The van der Waals surface area contributed by atoms with Gasteiger partial charge in [0.25, 0.3) is 0 Å². The second-order valence-corrected chi connectivity index (χ2v) is 6.42. The third-order valence-corrected chi connectivity index (χ3v) is 4.43. The number of benzene rings is 1. The van der Waals surface area contributed by atoms with Crippen LogP contribution in [-0.4, -0.2) is 46.7 Å². The first-order chi connectivity index (χ1) is 11.1. The summed E-state index contributed by atoms with van der Waals surface area (Å²) in [6.07, 6.45) is 0.0639. The van der Waals surface area contributed by atoms with E-state index in [2.05, 4.69) is 5.32 Å². The summed E-state index contributed by atoms with van der Waals surface area (Å²) < 4.78 is 0. The van der Waals surface area contributed by atoms with Crippen molar-refractivity contribution < 1.29 is 24.6 Å². The van der Waals surface area contributed by atoms with Crippen LogP contribution in [0, 0.1) is 19.8 Å². The number of carbonyl (C=O) groups excluding carboxylic acids is 2. The molecule has 0 saturated carbocycles. The molecule has 24 heavy (non-hydrogen) atoms. The minimum atomic E-state index is -2.04. The molecule has 0 spiro atoms. The zero-order valence-electron chi connectivity index (χ0n) is 14.0. The van der Waals surface area contributed by atoms with Crippen molar-refractivity contribution in [2.45, 2.75) is 32.8 Å². The molecule has 3 N–H and O–H groups in total. The summed E-state index contributed by atoms with van der Waals surface area (Å²) in [4.78, 5) is 36.9. The number of nitrogens with zero attached hydrogens (tertiary/aromatic N) is 1. The lowest BCUT2D eigenvalue weighted by Crippen LogP contribution is -2.48. The minimum Gasteiger partial charge on any atom is -0.479 e. The summed E-state index contributed by atoms with van der Waals surface area (Å²) in [5.74, 6) is -2.56. The van der Waals surface area contributed by atoms with E-state index in [4.69, 9.17) is 5.11 Å². The van der Waals surface area contributed by atoms with Crippen LogP contribution in [0.2, 0.25) is 0 Å². The van der Waals surface area contributed by atoms with Gasteiger partial charge in [-0.1, -0.05) is 12.1 Å². The average Bonchev–Trinajstić information content (AvgIpc) is 2.89. The first-order valence-corrected chi connectivity index (χ1v) is 7.73. The zero-order chi connectivity index (χ0) is 18.1. The van der Waals surface area contributed by atoms with Gasteiger partial charge in [-0.2, -0.15) is 0 Å². The van der Waals surface area contributed by atoms with Crippen LogP contribution in [0.3, 0.4) is 0 Å². The van der Waals surface area contributed by atoms with E-state index in [9.17, 15) is 19.5 Å². The lowest BCUT2D eigenvalue weighted by molar-refractivity contribution is -0.156. The Kier molecular flexibility index (Phi) is 4.94. The molecule has 2 unspecified atom stereocenters. The summed E-state index contributed by atoms with van der Waals surface area (Å²) >= 11 is 0. The SMILES string of the molecule is Cc1cccc(N2CC(C(=O)NCC(C)(O)C(=O)O)CC2=O)c1C. The van der Waals surface area contributed by atoms with Crippen LogP contribution in [0.25, 0.3) is 0 Å². The second-order valence-electron chi connectivity index (χ2n) is 6.42. The molecule has 1 saturated heterocycles. The molecular weight excluding hydrogens is 312 g/mol. The number of aliphatic carboxylic acids is 1. The predicted octanol–water partition coefficient (Wildman–Crippen LogP) is 0.608. The largest absolute Gasteiger partial charge is 0.479 e. The van der Waals surface area contributed by atoms with Crippen molar-refractivity contribution >= 4 is 23.5 Å². The highest BCUT2D eigenvalue weighted by atomic mass is 16.4. The van der Waals surface area contributed by atoms with Crippen molar-refractivity contribution in [3.8, 4) is 0 Å². The fourth-order valence-electron chi connectivity index (χ4n) is 2.62. The monoisotopic (exact) mass is 334 g/mol. The Hall–Kier alpha value is -2.41. The Bertz CT molecular complexity index is 684. The van der Waals surface area contributed by atoms with Gasteiger partial charge < -0.3 is 20.4 Å². The lowest BCUT2D eigenvalue weighted by atomic mass is 10.1. The van der Waals surface area contributed by atoms with Gasteiger partial charge >= 0.3 is 5.97 Å². The molecule has 130 valence electrons. The fraction of sp³-hybridized carbons (Fsp3) is 0.471. The van der Waals surface area contributed by atoms with Crippen LogP contribution in [0.15, 0.2) is 18.2 Å². The standard InChI is InChI=1S/C17H22N2O5/c1-10-5-4-6-13(11(10)2)19-8-12(7-14(19)20)15(21)18-9-17(3,24)16(22)23/h4-6,12,24H,7-9H2,1-3H3,(H,18,21)(H,22,23). The molecule has 0 radical (unpaired) electrons. The molecule has 0 bridgehead atoms. The number of rotatable bonds is 5. The summed E-state index contributed by atoms with van der Waals surface area (Å²) in [7, 11) is 0. The molecule has 1 aromatic carbocycles. The van der Waals surface area contributed by atoms with Gasteiger partial charge in [0, 0.05) is 18.7 Å². The fourth-order valence-corrected chi connectivity index (χ4v) is 2.62. The smallest absolute Gasteiger partial charge is 0.337 e. The van der Waals surface area contributed by atoms with Crippen LogP contribution in [0.5, 0.6) is 0 Å². The molecule has 1 aliphatic rings. The molecule has 1 fully saturated rings. The van der Waals surface area contributed by atoms with Crippen LogP contribution in [-0.2, 0) is 14.4 Å². The summed E-state index contributed by atoms with van der Waals surface area (Å²) in [5.41, 5.74) is 0.796. The van der Waals surface area contributed by atoms with E-state index in [1.54, 1.807) is 4.90 Å². The van der Waals surface area contributed by atoms with Crippen LogP contribution in [0.1, 0.15) is 24.5 Å². The van der Waals surface area contributed by atoms with Crippen molar-refractivity contribution in [2.24, 2.45) is 5.92 Å². The van der Waals surface area contributed by atoms with Gasteiger partial charge in [0.1, 0.15) is 0 Å². The number of carboxylic acids is 1. The van der Waals surface area contributed by atoms with Gasteiger partial charge in [-0.05, 0) is 38.0 Å². The highest BCUT2D eigenvalue weighted by molar-refractivity contribution is 6.01. The Morgan fingerprint density at radius 3 is 2.67 bits per heavy atom. The highest BCUT2D eigenvalue weighted by Crippen LogP contribution is 2.29. The Labute approximate surface area is 140 Å². The second kappa shape index (κ2) is 6.60. The number of nitrogens with one attached hydrogen (secondary N) is 1. The molecule has 1 heterocycles. The number of aryl methyl sites for hydroxylation is 1. The molecule has 0 aromatic heterocycles. The van der Waals surface area contributed by atoms with E-state index < -0.39 is 29.9 Å². The lowest BCUT2D eigenvalue weighted by Gasteiger charge is -2.21. The summed E-state index contributed by atoms with van der Waals surface area (Å²) in [5, 5.41) is 20.9. The maximum absolute atomic E-state index is 12.3. The molecule has 7 nitrogen and oxygen atoms in total. The van der Waals surface area contributed by atoms with Crippen LogP contribution < -0.4 is 10.2 Å². The van der Waals surface area contributed by atoms with Crippen molar-refractivity contribution in [2.75, 3.05) is 18.0 Å². The van der Waals surface area contributed by atoms with Crippen molar-refractivity contribution in [1.29, 1.82) is 0 Å². The molecule has 1 aromatic rings. The van der Waals surface area contributed by atoms with Gasteiger partial charge in [0.15, 0.2) is 5.60 Å². The summed E-state index contributed by atoms with van der Waals surface area (Å²) in [6.45, 7) is 4.82. The van der Waals surface area contributed by atoms with E-state index in [1.165, 1.54) is 0 Å². The maximum Gasteiger partial charge on any atom is 0.337 e. The van der Waals surface area contributed by atoms with E-state index in [1.807, 2.05) is 32.0 Å². The average molecular weight is 334 g/mol. The summed E-state index contributed by atoms with van der Waals surface area (Å²) in [6, 6.07) is 5.66. The quantitative estimate of drug-likeness (QED) is 0.731. The number of aliphatic hydroxyl groups is 1. The predicted molar refractivity (Wildman–Crippen MR) is 87.6 cm³/mol. The van der Waals surface area contributed by atoms with Gasteiger partial charge in [0.05, 0.1) is 12.5 Å².